The molecule has 0 saturated carbocycles. The molecule has 0 aliphatic heterocycles. The number of nitrogens with zero attached hydrogens (tertiary/aromatic N) is 2. The van der Waals surface area contributed by atoms with Gasteiger partial charge in [0.25, 0.3) is 5.56 Å². The van der Waals surface area contributed by atoms with Gasteiger partial charge in [0, 0.05) is 12.8 Å². The Balaban J connectivity index is 2.30. The Labute approximate surface area is 121 Å². The van der Waals surface area contributed by atoms with E-state index in [1.807, 2.05) is 37.3 Å². The summed E-state index contributed by atoms with van der Waals surface area (Å²) in [6.45, 7) is 2.75. The van der Waals surface area contributed by atoms with Gasteiger partial charge >= 0.3 is 0 Å². The summed E-state index contributed by atoms with van der Waals surface area (Å²) in [7, 11) is 0. The van der Waals surface area contributed by atoms with Crippen LogP contribution in [0.5, 0.6) is 5.88 Å². The average molecular weight is 289 g/mol. The minimum atomic E-state index is -0.436. The molecule has 0 radical (unpaired) electrons. The summed E-state index contributed by atoms with van der Waals surface area (Å²) in [5, 5.41) is 10.0. The molecule has 1 heterocycles. The van der Waals surface area contributed by atoms with Crippen LogP contribution in [-0.2, 0) is 13.1 Å². The van der Waals surface area contributed by atoms with E-state index < -0.39 is 5.56 Å². The first kappa shape index (κ1) is 14.2. The van der Waals surface area contributed by atoms with Crippen LogP contribution in [0.4, 0.5) is 0 Å². The van der Waals surface area contributed by atoms with E-state index in [1.54, 1.807) is 0 Å². The minimum Gasteiger partial charge on any atom is -0.494 e. The molecule has 2 rings (SSSR count). The smallest absolute Gasteiger partial charge is 0.264 e. The predicted molar refractivity (Wildman–Crippen MR) is 81.0 cm³/mol. The molecule has 2 aromatic rings. The fourth-order valence-corrected chi connectivity index (χ4v) is 2.12. The van der Waals surface area contributed by atoms with Crippen LogP contribution in [0.25, 0.3) is 0 Å². The summed E-state index contributed by atoms with van der Waals surface area (Å²) in [6, 6.07) is 9.66. The number of H-pyrrole nitrogens is 1. The lowest BCUT2D eigenvalue weighted by Crippen LogP contribution is -2.18. The Hall–Kier alpha value is -2.21. The standard InChI is InChI=1S/C14H15N3O2S/c1-2-17-13(19)11(12(18)16-14(17)20)9-15-8-10-6-4-3-5-7-10/h3-7,9,19H,2,8H2,1H3,(H,16,18,20). The van der Waals surface area contributed by atoms with Gasteiger partial charge in [0.1, 0.15) is 5.56 Å². The van der Waals surface area contributed by atoms with Gasteiger partial charge in [-0.05, 0) is 24.7 Å². The molecule has 0 unspecified atom stereocenters. The van der Waals surface area contributed by atoms with Gasteiger partial charge in [-0.15, -0.1) is 0 Å². The van der Waals surface area contributed by atoms with Crippen molar-refractivity contribution in [3.8, 4) is 5.88 Å². The van der Waals surface area contributed by atoms with Crippen molar-refractivity contribution >= 4 is 18.4 Å². The predicted octanol–water partition coefficient (Wildman–Crippen LogP) is 2.25. The molecule has 20 heavy (non-hydrogen) atoms. The van der Waals surface area contributed by atoms with E-state index in [0.717, 1.165) is 5.56 Å². The minimum absolute atomic E-state index is 0.122. The van der Waals surface area contributed by atoms with Crippen molar-refractivity contribution in [1.29, 1.82) is 0 Å². The van der Waals surface area contributed by atoms with Crippen molar-refractivity contribution in [1.82, 2.24) is 9.55 Å². The second-order valence-electron chi connectivity index (χ2n) is 4.20. The van der Waals surface area contributed by atoms with Crippen LogP contribution >= 0.6 is 12.2 Å². The Bertz CT molecular complexity index is 732. The molecule has 0 aliphatic rings. The number of benzene rings is 1. The third kappa shape index (κ3) is 3.03. The summed E-state index contributed by atoms with van der Waals surface area (Å²) in [4.78, 5) is 18.5. The lowest BCUT2D eigenvalue weighted by Gasteiger charge is -2.07. The van der Waals surface area contributed by atoms with Gasteiger partial charge in [0.15, 0.2) is 4.77 Å². The topological polar surface area (TPSA) is 70.4 Å². The second kappa shape index (κ2) is 6.29. The van der Waals surface area contributed by atoms with Crippen LogP contribution in [0.1, 0.15) is 18.1 Å². The Morgan fingerprint density at radius 2 is 2.10 bits per heavy atom. The van der Waals surface area contributed by atoms with Gasteiger partial charge < -0.3 is 5.11 Å². The van der Waals surface area contributed by atoms with E-state index in [-0.39, 0.29) is 16.2 Å². The molecular weight excluding hydrogens is 274 g/mol. The van der Waals surface area contributed by atoms with Gasteiger partial charge in [-0.25, -0.2) is 0 Å². The maximum Gasteiger partial charge on any atom is 0.264 e. The van der Waals surface area contributed by atoms with Gasteiger partial charge in [-0.2, -0.15) is 0 Å². The maximum absolute atomic E-state index is 11.8. The fraction of sp³-hybridized carbons (Fsp3) is 0.214. The zero-order valence-electron chi connectivity index (χ0n) is 11.0. The van der Waals surface area contributed by atoms with Crippen molar-refractivity contribution in [2.45, 2.75) is 20.0 Å². The highest BCUT2D eigenvalue weighted by atomic mass is 32.1. The first-order valence-corrected chi connectivity index (χ1v) is 6.64. The number of aromatic hydroxyl groups is 1. The van der Waals surface area contributed by atoms with Crippen molar-refractivity contribution in [2.75, 3.05) is 0 Å². The fourth-order valence-electron chi connectivity index (χ4n) is 1.81. The molecule has 1 aromatic heterocycles. The zero-order valence-corrected chi connectivity index (χ0v) is 11.9. The molecule has 104 valence electrons. The van der Waals surface area contributed by atoms with Gasteiger partial charge in [0.2, 0.25) is 5.88 Å². The highest BCUT2D eigenvalue weighted by Gasteiger charge is 2.09. The zero-order chi connectivity index (χ0) is 14.5. The largest absolute Gasteiger partial charge is 0.494 e. The molecule has 0 atom stereocenters. The van der Waals surface area contributed by atoms with Crippen LogP contribution in [0.3, 0.4) is 0 Å². The molecule has 0 aliphatic carbocycles. The number of hydrogen-bond acceptors (Lipinski definition) is 4. The Kier molecular flexibility index (Phi) is 4.47. The average Bonchev–Trinajstić information content (AvgIpc) is 2.44. The first-order chi connectivity index (χ1) is 9.63. The molecular formula is C14H15N3O2S. The first-order valence-electron chi connectivity index (χ1n) is 6.23. The lowest BCUT2D eigenvalue weighted by atomic mass is 10.2. The summed E-state index contributed by atoms with van der Waals surface area (Å²) in [6.07, 6.45) is 1.38. The monoisotopic (exact) mass is 289 g/mol. The van der Waals surface area contributed by atoms with Crippen LogP contribution in [0.2, 0.25) is 0 Å². The number of aliphatic imine (C=N–C) groups is 1. The van der Waals surface area contributed by atoms with Gasteiger partial charge in [-0.3, -0.25) is 19.3 Å². The van der Waals surface area contributed by atoms with Crippen molar-refractivity contribution < 1.29 is 5.11 Å². The van der Waals surface area contributed by atoms with E-state index in [2.05, 4.69) is 9.98 Å². The summed E-state index contributed by atoms with van der Waals surface area (Å²) >= 11 is 4.98. The van der Waals surface area contributed by atoms with Crippen LogP contribution in [-0.4, -0.2) is 20.9 Å². The SMILES string of the molecule is CCn1c(O)c(C=NCc2ccccc2)c(=O)[nH]c1=S. The molecule has 0 bridgehead atoms. The molecule has 0 saturated heterocycles. The molecule has 2 N–H and O–H groups in total. The number of nitrogens with one attached hydrogen (secondary N) is 1. The number of rotatable bonds is 4. The molecule has 1 aromatic carbocycles. The highest BCUT2D eigenvalue weighted by Crippen LogP contribution is 2.11. The number of hydrogen-bond donors (Lipinski definition) is 2. The van der Waals surface area contributed by atoms with E-state index in [0.29, 0.717) is 13.1 Å². The van der Waals surface area contributed by atoms with E-state index in [4.69, 9.17) is 12.2 Å². The molecule has 0 fully saturated rings. The number of aromatic amines is 1. The molecule has 5 nitrogen and oxygen atoms in total. The summed E-state index contributed by atoms with van der Waals surface area (Å²) in [5.74, 6) is -0.155. The van der Waals surface area contributed by atoms with Crippen molar-refractivity contribution in [3.05, 3.63) is 56.6 Å². The van der Waals surface area contributed by atoms with Crippen LogP contribution in [0, 0.1) is 4.77 Å². The van der Waals surface area contributed by atoms with Crippen LogP contribution < -0.4 is 5.56 Å². The van der Waals surface area contributed by atoms with E-state index >= 15 is 0 Å². The molecule has 0 spiro atoms. The molecule has 6 heteroatoms. The summed E-state index contributed by atoms with van der Waals surface area (Å²) in [5.41, 5.74) is 0.716. The van der Waals surface area contributed by atoms with Crippen LogP contribution in [0.15, 0.2) is 40.1 Å². The van der Waals surface area contributed by atoms with Gasteiger partial charge in [-0.1, -0.05) is 30.3 Å². The normalized spacial score (nSPS) is 11.1. The number of aromatic nitrogens is 2. The third-order valence-corrected chi connectivity index (χ3v) is 3.18. The maximum atomic E-state index is 11.8. The van der Waals surface area contributed by atoms with E-state index in [1.165, 1.54) is 10.8 Å². The lowest BCUT2D eigenvalue weighted by molar-refractivity contribution is 0.408. The van der Waals surface area contributed by atoms with Crippen molar-refractivity contribution in [2.24, 2.45) is 4.99 Å². The Morgan fingerprint density at radius 1 is 1.40 bits per heavy atom. The third-order valence-electron chi connectivity index (χ3n) is 2.86. The Morgan fingerprint density at radius 3 is 2.75 bits per heavy atom. The molecule has 0 amide bonds. The highest BCUT2D eigenvalue weighted by molar-refractivity contribution is 7.71. The second-order valence-corrected chi connectivity index (χ2v) is 4.58. The summed E-state index contributed by atoms with van der Waals surface area (Å²) < 4.78 is 1.65. The van der Waals surface area contributed by atoms with E-state index in [9.17, 15) is 9.90 Å². The van der Waals surface area contributed by atoms with Gasteiger partial charge in [0.05, 0.1) is 6.54 Å². The van der Waals surface area contributed by atoms with Crippen molar-refractivity contribution in [3.63, 3.8) is 0 Å². The quantitative estimate of drug-likeness (QED) is 0.670.